The maximum absolute atomic E-state index is 12.2. The Balaban J connectivity index is 1.91. The van der Waals surface area contributed by atoms with Crippen molar-refractivity contribution in [1.82, 2.24) is 0 Å². The molecule has 2 unspecified atom stereocenters. The summed E-state index contributed by atoms with van der Waals surface area (Å²) in [5.41, 5.74) is 0. The lowest BCUT2D eigenvalue weighted by Crippen LogP contribution is -2.28. The highest BCUT2D eigenvalue weighted by Gasteiger charge is 2.36. The van der Waals surface area contributed by atoms with Crippen molar-refractivity contribution < 1.29 is 28.9 Å². The molecular formula is C41H72O6. The third-order valence-corrected chi connectivity index (χ3v) is 8.86. The number of aliphatic hydroxyl groups is 1. The molecule has 1 rings (SSSR count). The lowest BCUT2D eigenvalue weighted by molar-refractivity contribution is -0.161. The Labute approximate surface area is 289 Å². The van der Waals surface area contributed by atoms with Gasteiger partial charge in [0.25, 0.3) is 0 Å². The molecule has 1 heterocycles. The summed E-state index contributed by atoms with van der Waals surface area (Å²) in [5, 5.41) is 9.54. The van der Waals surface area contributed by atoms with Crippen LogP contribution in [-0.4, -0.2) is 48.6 Å². The van der Waals surface area contributed by atoms with Crippen LogP contribution in [0.2, 0.25) is 0 Å². The van der Waals surface area contributed by atoms with Gasteiger partial charge in [-0.15, -0.1) is 0 Å². The first kappa shape index (κ1) is 43.1. The molecule has 6 nitrogen and oxygen atoms in total. The zero-order valence-electron chi connectivity index (χ0n) is 30.5. The fourth-order valence-electron chi connectivity index (χ4n) is 5.76. The van der Waals surface area contributed by atoms with Crippen LogP contribution in [0.4, 0.5) is 0 Å². The molecule has 1 aliphatic rings. The van der Waals surface area contributed by atoms with Gasteiger partial charge in [-0.1, -0.05) is 159 Å². The number of carbonyl (C=O) groups is 2. The average molecular weight is 661 g/mol. The van der Waals surface area contributed by atoms with Gasteiger partial charge in [0, 0.05) is 12.8 Å². The number of hydrogen-bond acceptors (Lipinski definition) is 6. The Morgan fingerprint density at radius 2 is 1.13 bits per heavy atom. The SMILES string of the molecule is CCCCCCCCCCCCCCCCCC(=O)O[C@@H](CO)COC(=O)CCC/C=C\C/C=C\C/C=C\CC1OC1CCCCC. The van der Waals surface area contributed by atoms with Crippen LogP contribution < -0.4 is 0 Å². The van der Waals surface area contributed by atoms with E-state index < -0.39 is 6.10 Å². The number of hydrogen-bond donors (Lipinski definition) is 1. The molecule has 3 atom stereocenters. The zero-order valence-corrected chi connectivity index (χ0v) is 30.5. The van der Waals surface area contributed by atoms with Crippen LogP contribution in [0.25, 0.3) is 0 Å². The quantitative estimate of drug-likeness (QED) is 0.0320. The summed E-state index contributed by atoms with van der Waals surface area (Å²) >= 11 is 0. The van der Waals surface area contributed by atoms with Crippen molar-refractivity contribution in [3.05, 3.63) is 36.5 Å². The van der Waals surface area contributed by atoms with E-state index in [2.05, 4.69) is 50.3 Å². The minimum Gasteiger partial charge on any atom is -0.462 e. The lowest BCUT2D eigenvalue weighted by Gasteiger charge is -2.15. The van der Waals surface area contributed by atoms with Crippen LogP contribution in [0.15, 0.2) is 36.5 Å². The molecule has 47 heavy (non-hydrogen) atoms. The number of esters is 2. The van der Waals surface area contributed by atoms with Crippen molar-refractivity contribution in [3.8, 4) is 0 Å². The van der Waals surface area contributed by atoms with Gasteiger partial charge in [0.15, 0.2) is 6.10 Å². The second kappa shape index (κ2) is 32.6. The van der Waals surface area contributed by atoms with E-state index in [9.17, 15) is 14.7 Å². The van der Waals surface area contributed by atoms with Crippen molar-refractivity contribution in [1.29, 1.82) is 0 Å². The summed E-state index contributed by atoms with van der Waals surface area (Å²) in [6.45, 7) is 4.06. The number of allylic oxidation sites excluding steroid dienone is 5. The largest absolute Gasteiger partial charge is 0.462 e. The third kappa shape index (κ3) is 28.8. The molecule has 0 aromatic carbocycles. The molecule has 1 saturated heterocycles. The van der Waals surface area contributed by atoms with E-state index in [1.54, 1.807) is 0 Å². The minimum absolute atomic E-state index is 0.0950. The molecular weight excluding hydrogens is 588 g/mol. The second-order valence-corrected chi connectivity index (χ2v) is 13.4. The first-order chi connectivity index (χ1) is 23.1. The molecule has 1 fully saturated rings. The molecule has 0 aliphatic carbocycles. The van der Waals surface area contributed by atoms with E-state index in [0.717, 1.165) is 44.9 Å². The van der Waals surface area contributed by atoms with Crippen molar-refractivity contribution >= 4 is 11.9 Å². The number of carbonyl (C=O) groups excluding carboxylic acids is 2. The zero-order chi connectivity index (χ0) is 34.0. The van der Waals surface area contributed by atoms with E-state index in [1.165, 1.54) is 103 Å². The van der Waals surface area contributed by atoms with E-state index in [1.807, 2.05) is 0 Å². The lowest BCUT2D eigenvalue weighted by atomic mass is 10.0. The van der Waals surface area contributed by atoms with Gasteiger partial charge < -0.3 is 19.3 Å². The highest BCUT2D eigenvalue weighted by Crippen LogP contribution is 2.30. The normalized spacial score (nSPS) is 16.8. The molecule has 1 N–H and O–H groups in total. The average Bonchev–Trinajstić information content (AvgIpc) is 3.83. The summed E-state index contributed by atoms with van der Waals surface area (Å²) in [7, 11) is 0. The van der Waals surface area contributed by atoms with Gasteiger partial charge in [-0.05, 0) is 44.9 Å². The van der Waals surface area contributed by atoms with Gasteiger partial charge >= 0.3 is 11.9 Å². The fraction of sp³-hybridized carbons (Fsp3) is 0.805. The number of unbranched alkanes of at least 4 members (excludes halogenated alkanes) is 17. The molecule has 0 saturated carbocycles. The third-order valence-electron chi connectivity index (χ3n) is 8.86. The monoisotopic (exact) mass is 661 g/mol. The summed E-state index contributed by atoms with van der Waals surface area (Å²) < 4.78 is 16.3. The predicted molar refractivity (Wildman–Crippen MR) is 195 cm³/mol. The summed E-state index contributed by atoms with van der Waals surface area (Å²) in [6, 6.07) is 0. The van der Waals surface area contributed by atoms with Crippen LogP contribution >= 0.6 is 0 Å². The Hall–Kier alpha value is -1.92. The van der Waals surface area contributed by atoms with Crippen LogP contribution in [0.3, 0.4) is 0 Å². The van der Waals surface area contributed by atoms with Crippen molar-refractivity contribution in [3.63, 3.8) is 0 Å². The van der Waals surface area contributed by atoms with Crippen molar-refractivity contribution in [2.45, 2.75) is 199 Å². The van der Waals surface area contributed by atoms with E-state index in [0.29, 0.717) is 31.5 Å². The molecule has 1 aliphatic heterocycles. The molecule has 6 heteroatoms. The van der Waals surface area contributed by atoms with Gasteiger partial charge in [0.2, 0.25) is 0 Å². The summed E-state index contributed by atoms with van der Waals surface area (Å²) in [5.74, 6) is -0.657. The Morgan fingerprint density at radius 1 is 0.617 bits per heavy atom. The van der Waals surface area contributed by atoms with Crippen molar-refractivity contribution in [2.75, 3.05) is 13.2 Å². The first-order valence-electron chi connectivity index (χ1n) is 19.7. The number of rotatable bonds is 34. The maximum Gasteiger partial charge on any atom is 0.306 e. The summed E-state index contributed by atoms with van der Waals surface area (Å²) in [4.78, 5) is 24.2. The Kier molecular flexibility index (Phi) is 29.9. The second-order valence-electron chi connectivity index (χ2n) is 13.4. The Bertz CT molecular complexity index is 819. The highest BCUT2D eigenvalue weighted by molar-refractivity contribution is 5.70. The topological polar surface area (TPSA) is 85.4 Å². The van der Waals surface area contributed by atoms with Gasteiger partial charge in [0.1, 0.15) is 6.61 Å². The smallest absolute Gasteiger partial charge is 0.306 e. The van der Waals surface area contributed by atoms with Crippen LogP contribution in [0, 0.1) is 0 Å². The predicted octanol–water partition coefficient (Wildman–Crippen LogP) is 11.1. The molecule has 0 aromatic rings. The minimum atomic E-state index is -0.793. The van der Waals surface area contributed by atoms with E-state index >= 15 is 0 Å². The molecule has 0 spiro atoms. The number of aliphatic hydroxyl groups excluding tert-OH is 1. The van der Waals surface area contributed by atoms with Gasteiger partial charge in [-0.2, -0.15) is 0 Å². The van der Waals surface area contributed by atoms with Gasteiger partial charge in [-0.25, -0.2) is 0 Å². The van der Waals surface area contributed by atoms with Crippen LogP contribution in [-0.2, 0) is 23.8 Å². The molecule has 0 bridgehead atoms. The number of ether oxygens (including phenoxy) is 3. The molecule has 272 valence electrons. The van der Waals surface area contributed by atoms with Crippen LogP contribution in [0.5, 0.6) is 0 Å². The van der Waals surface area contributed by atoms with Crippen LogP contribution in [0.1, 0.15) is 181 Å². The number of epoxide rings is 1. The Morgan fingerprint density at radius 3 is 1.72 bits per heavy atom. The van der Waals surface area contributed by atoms with Gasteiger partial charge in [-0.3, -0.25) is 9.59 Å². The van der Waals surface area contributed by atoms with Gasteiger partial charge in [0.05, 0.1) is 18.8 Å². The van der Waals surface area contributed by atoms with E-state index in [-0.39, 0.29) is 25.2 Å². The summed E-state index contributed by atoms with van der Waals surface area (Å²) in [6.07, 6.45) is 42.4. The van der Waals surface area contributed by atoms with Crippen molar-refractivity contribution in [2.24, 2.45) is 0 Å². The molecule has 0 radical (unpaired) electrons. The highest BCUT2D eigenvalue weighted by atomic mass is 16.6. The standard InChI is InChI=1S/C41H72O6/c1-3-5-7-8-9-10-11-12-13-14-15-20-23-26-30-34-41(44)46-37(35-42)36-45-40(43)33-29-25-22-19-17-16-18-21-24-28-32-39-38(47-39)31-27-6-4-2/h16,18-19,22,24,28,37-39,42H,3-15,17,20-21,23,25-27,29-36H2,1-2H3/b18-16-,22-19-,28-24-/t37-,38?,39?/m0/s1. The molecule has 0 aromatic heterocycles. The fourth-order valence-corrected chi connectivity index (χ4v) is 5.76. The maximum atomic E-state index is 12.2. The first-order valence-corrected chi connectivity index (χ1v) is 19.7. The van der Waals surface area contributed by atoms with E-state index in [4.69, 9.17) is 14.2 Å². The molecule has 0 amide bonds.